The third-order valence-electron chi connectivity index (χ3n) is 3.20. The summed E-state index contributed by atoms with van der Waals surface area (Å²) in [7, 11) is 0. The van der Waals surface area contributed by atoms with E-state index in [1.807, 2.05) is 0 Å². The van der Waals surface area contributed by atoms with Gasteiger partial charge in [0.05, 0.1) is 5.56 Å². The molecular formula is C15H10F6O2. The number of allylic oxidation sites excluding steroid dienone is 5. The van der Waals surface area contributed by atoms with E-state index in [0.717, 1.165) is 12.2 Å². The van der Waals surface area contributed by atoms with Gasteiger partial charge in [-0.15, -0.1) is 0 Å². The Labute approximate surface area is 126 Å². The first-order valence-corrected chi connectivity index (χ1v) is 6.28. The van der Waals surface area contributed by atoms with Gasteiger partial charge in [0, 0.05) is 6.07 Å². The maximum Gasteiger partial charge on any atom is 0.419 e. The molecule has 1 aliphatic carbocycles. The minimum Gasteiger partial charge on any atom is -0.508 e. The molecule has 1 aromatic carbocycles. The van der Waals surface area contributed by atoms with Crippen LogP contribution in [0.2, 0.25) is 0 Å². The van der Waals surface area contributed by atoms with Gasteiger partial charge < -0.3 is 10.2 Å². The van der Waals surface area contributed by atoms with Crippen LogP contribution in [0.4, 0.5) is 26.3 Å². The van der Waals surface area contributed by atoms with Crippen LogP contribution in [0.3, 0.4) is 0 Å². The van der Waals surface area contributed by atoms with Crippen molar-refractivity contribution < 1.29 is 36.6 Å². The third kappa shape index (κ3) is 3.35. The normalized spacial score (nSPS) is 17.9. The molecule has 0 radical (unpaired) electrons. The van der Waals surface area contributed by atoms with E-state index in [1.165, 1.54) is 0 Å². The van der Waals surface area contributed by atoms with Gasteiger partial charge in [-0.1, -0.05) is 6.08 Å². The lowest BCUT2D eigenvalue weighted by molar-refractivity contribution is -0.133. The Morgan fingerprint density at radius 2 is 1.65 bits per heavy atom. The van der Waals surface area contributed by atoms with E-state index in [4.69, 9.17) is 10.2 Å². The quantitative estimate of drug-likeness (QED) is 0.756. The monoisotopic (exact) mass is 336 g/mol. The summed E-state index contributed by atoms with van der Waals surface area (Å²) in [6, 6.07) is 1.38. The van der Waals surface area contributed by atoms with Crippen LogP contribution in [0, 0.1) is 5.82 Å². The number of rotatable bonds is 2. The SMILES string of the molecule is OC1=CCC(=C(C(F)(F)F)C(F)(F)c2ccc(O)cc2F)C=C1. The highest BCUT2D eigenvalue weighted by atomic mass is 19.4. The Hall–Kier alpha value is -2.38. The van der Waals surface area contributed by atoms with E-state index in [0.29, 0.717) is 24.3 Å². The zero-order chi connectivity index (χ0) is 17.4. The number of phenols is 1. The predicted octanol–water partition coefficient (Wildman–Crippen LogP) is 4.88. The fraction of sp³-hybridized carbons (Fsp3) is 0.200. The van der Waals surface area contributed by atoms with Gasteiger partial charge in [0.1, 0.15) is 22.9 Å². The van der Waals surface area contributed by atoms with Crippen LogP contribution in [-0.4, -0.2) is 16.4 Å². The summed E-state index contributed by atoms with van der Waals surface area (Å²) in [5.74, 6) is -7.37. The van der Waals surface area contributed by atoms with Crippen molar-refractivity contribution in [3.05, 3.63) is 64.7 Å². The number of halogens is 6. The number of hydrogen-bond donors (Lipinski definition) is 2. The summed E-state index contributed by atoms with van der Waals surface area (Å²) in [5, 5.41) is 18.1. The molecule has 0 aromatic heterocycles. The van der Waals surface area contributed by atoms with E-state index in [9.17, 15) is 26.3 Å². The highest BCUT2D eigenvalue weighted by molar-refractivity contribution is 5.45. The first-order chi connectivity index (χ1) is 10.5. The van der Waals surface area contributed by atoms with Crippen LogP contribution < -0.4 is 0 Å². The van der Waals surface area contributed by atoms with E-state index < -0.39 is 46.8 Å². The molecule has 0 saturated carbocycles. The Morgan fingerprint density at radius 3 is 2.13 bits per heavy atom. The fourth-order valence-electron chi connectivity index (χ4n) is 2.18. The largest absolute Gasteiger partial charge is 0.508 e. The molecule has 23 heavy (non-hydrogen) atoms. The molecule has 0 aliphatic heterocycles. The summed E-state index contributed by atoms with van der Waals surface area (Å²) in [6.45, 7) is 0. The summed E-state index contributed by atoms with van der Waals surface area (Å²) >= 11 is 0. The lowest BCUT2D eigenvalue weighted by Crippen LogP contribution is -2.30. The molecule has 8 heteroatoms. The van der Waals surface area contributed by atoms with Crippen molar-refractivity contribution >= 4 is 0 Å². The van der Waals surface area contributed by atoms with Gasteiger partial charge in [0.25, 0.3) is 0 Å². The second-order valence-corrected chi connectivity index (χ2v) is 4.80. The summed E-state index contributed by atoms with van der Waals surface area (Å²) in [5.41, 5.74) is -4.50. The molecule has 2 N–H and O–H groups in total. The zero-order valence-corrected chi connectivity index (χ0v) is 11.3. The molecule has 2 nitrogen and oxygen atoms in total. The summed E-state index contributed by atoms with van der Waals surface area (Å²) < 4.78 is 81.9. The van der Waals surface area contributed by atoms with Crippen molar-refractivity contribution in [2.24, 2.45) is 0 Å². The molecule has 0 heterocycles. The van der Waals surface area contributed by atoms with Crippen molar-refractivity contribution in [3.8, 4) is 5.75 Å². The molecule has 0 spiro atoms. The van der Waals surface area contributed by atoms with E-state index in [-0.39, 0.29) is 5.76 Å². The van der Waals surface area contributed by atoms with E-state index >= 15 is 0 Å². The molecule has 0 saturated heterocycles. The standard InChI is InChI=1S/C15H10F6O2/c16-12-7-10(23)5-6-11(12)14(17,18)13(15(19,20)21)8-1-3-9(22)4-2-8/h1,3-7,22-23H,2H2. The Bertz CT molecular complexity index is 713. The van der Waals surface area contributed by atoms with E-state index in [2.05, 4.69) is 0 Å². The number of benzene rings is 1. The minimum absolute atomic E-state index is 0.310. The topological polar surface area (TPSA) is 40.5 Å². The number of phenolic OH excluding ortho intramolecular Hbond substituents is 1. The lowest BCUT2D eigenvalue weighted by atomic mass is 9.91. The highest BCUT2D eigenvalue weighted by Gasteiger charge is 2.53. The Balaban J connectivity index is 2.64. The van der Waals surface area contributed by atoms with Gasteiger partial charge in [-0.3, -0.25) is 0 Å². The summed E-state index contributed by atoms with van der Waals surface area (Å²) in [4.78, 5) is 0. The number of alkyl halides is 5. The molecule has 124 valence electrons. The first-order valence-electron chi connectivity index (χ1n) is 6.28. The van der Waals surface area contributed by atoms with Crippen molar-refractivity contribution in [1.29, 1.82) is 0 Å². The molecule has 0 fully saturated rings. The fourth-order valence-corrected chi connectivity index (χ4v) is 2.18. The van der Waals surface area contributed by atoms with Crippen LogP contribution in [0.25, 0.3) is 0 Å². The average molecular weight is 336 g/mol. The minimum atomic E-state index is -5.42. The smallest absolute Gasteiger partial charge is 0.419 e. The van der Waals surface area contributed by atoms with Crippen molar-refractivity contribution in [2.75, 3.05) is 0 Å². The Kier molecular flexibility index (Phi) is 4.19. The number of hydrogen-bond acceptors (Lipinski definition) is 2. The first kappa shape index (κ1) is 17.0. The molecule has 0 bridgehead atoms. The number of aromatic hydroxyl groups is 1. The van der Waals surface area contributed by atoms with Crippen molar-refractivity contribution in [1.82, 2.24) is 0 Å². The van der Waals surface area contributed by atoms with Gasteiger partial charge in [-0.05, 0) is 36.3 Å². The van der Waals surface area contributed by atoms with Crippen LogP contribution >= 0.6 is 0 Å². The van der Waals surface area contributed by atoms with Crippen molar-refractivity contribution in [3.63, 3.8) is 0 Å². The third-order valence-corrected chi connectivity index (χ3v) is 3.20. The molecule has 1 aromatic rings. The lowest BCUT2D eigenvalue weighted by Gasteiger charge is -2.25. The molecule has 1 aliphatic rings. The van der Waals surface area contributed by atoms with Gasteiger partial charge in [-0.25, -0.2) is 4.39 Å². The van der Waals surface area contributed by atoms with Gasteiger partial charge >= 0.3 is 12.1 Å². The van der Waals surface area contributed by atoms with Crippen LogP contribution in [-0.2, 0) is 5.92 Å². The van der Waals surface area contributed by atoms with Gasteiger partial charge in [0.2, 0.25) is 0 Å². The van der Waals surface area contributed by atoms with Gasteiger partial charge in [0.15, 0.2) is 0 Å². The number of aliphatic hydroxyl groups excluding tert-OH is 1. The zero-order valence-electron chi connectivity index (χ0n) is 11.3. The highest BCUT2D eigenvalue weighted by Crippen LogP contribution is 2.48. The second kappa shape index (κ2) is 5.68. The van der Waals surface area contributed by atoms with Crippen LogP contribution in [0.15, 0.2) is 53.3 Å². The van der Waals surface area contributed by atoms with Crippen molar-refractivity contribution in [2.45, 2.75) is 18.5 Å². The maximum absolute atomic E-state index is 14.4. The molecule has 2 rings (SSSR count). The maximum atomic E-state index is 14.4. The molecule has 0 atom stereocenters. The second-order valence-electron chi connectivity index (χ2n) is 4.80. The van der Waals surface area contributed by atoms with Gasteiger partial charge in [-0.2, -0.15) is 22.0 Å². The average Bonchev–Trinajstić information content (AvgIpc) is 2.39. The molecular weight excluding hydrogens is 326 g/mol. The molecule has 0 amide bonds. The number of aliphatic hydroxyl groups is 1. The van der Waals surface area contributed by atoms with E-state index in [1.54, 1.807) is 0 Å². The van der Waals surface area contributed by atoms with Crippen LogP contribution in [0.5, 0.6) is 5.75 Å². The Morgan fingerprint density at radius 1 is 1.00 bits per heavy atom. The predicted molar refractivity (Wildman–Crippen MR) is 69.5 cm³/mol. The van der Waals surface area contributed by atoms with Crippen LogP contribution in [0.1, 0.15) is 12.0 Å². The molecule has 0 unspecified atom stereocenters. The summed E-state index contributed by atoms with van der Waals surface area (Å²) in [6.07, 6.45) is -3.51.